The molecule has 0 unspecified atom stereocenters. The van der Waals surface area contributed by atoms with Crippen LogP contribution in [0.25, 0.3) is 10.9 Å². The summed E-state index contributed by atoms with van der Waals surface area (Å²) in [5.41, 5.74) is 1.36. The first kappa shape index (κ1) is 20.0. The van der Waals surface area contributed by atoms with Gasteiger partial charge in [0.05, 0.1) is 5.02 Å². The van der Waals surface area contributed by atoms with Crippen LogP contribution in [0.2, 0.25) is 5.02 Å². The summed E-state index contributed by atoms with van der Waals surface area (Å²) in [6.45, 7) is 9.13. The summed E-state index contributed by atoms with van der Waals surface area (Å²) >= 11 is 6.27. The average Bonchev–Trinajstić information content (AvgIpc) is 2.55. The van der Waals surface area contributed by atoms with E-state index in [1.807, 2.05) is 18.2 Å². The van der Waals surface area contributed by atoms with Crippen molar-refractivity contribution in [2.75, 3.05) is 26.2 Å². The van der Waals surface area contributed by atoms with Crippen LogP contribution in [0.5, 0.6) is 5.75 Å². The van der Waals surface area contributed by atoms with Crippen LogP contribution < -0.4 is 5.32 Å². The molecule has 0 radical (unpaired) electrons. The number of halogens is 2. The van der Waals surface area contributed by atoms with Crippen molar-refractivity contribution in [3.05, 3.63) is 35.0 Å². The lowest BCUT2D eigenvalue weighted by Crippen LogP contribution is -2.27. The van der Waals surface area contributed by atoms with Gasteiger partial charge in [0.15, 0.2) is 0 Å². The van der Waals surface area contributed by atoms with Gasteiger partial charge in [-0.2, -0.15) is 0 Å². The van der Waals surface area contributed by atoms with E-state index in [-0.39, 0.29) is 18.2 Å². The highest BCUT2D eigenvalue weighted by molar-refractivity contribution is 6.35. The molecule has 0 saturated heterocycles. The smallest absolute Gasteiger partial charge is 0.146 e. The molecular formula is C17H25Cl2N3O. The van der Waals surface area contributed by atoms with E-state index in [9.17, 15) is 5.11 Å². The van der Waals surface area contributed by atoms with Gasteiger partial charge in [0.2, 0.25) is 0 Å². The van der Waals surface area contributed by atoms with Crippen LogP contribution in [0.3, 0.4) is 0 Å². The monoisotopic (exact) mass is 357 g/mol. The summed E-state index contributed by atoms with van der Waals surface area (Å²) < 4.78 is 0. The van der Waals surface area contributed by atoms with Crippen LogP contribution in [0.4, 0.5) is 0 Å². The fourth-order valence-corrected chi connectivity index (χ4v) is 2.85. The fraction of sp³-hybridized carbons (Fsp3) is 0.471. The number of aromatic hydroxyl groups is 1. The van der Waals surface area contributed by atoms with Gasteiger partial charge in [-0.3, -0.25) is 4.98 Å². The average molecular weight is 358 g/mol. The molecule has 0 fully saturated rings. The molecule has 4 nitrogen and oxygen atoms in total. The van der Waals surface area contributed by atoms with E-state index in [0.29, 0.717) is 17.1 Å². The zero-order chi connectivity index (χ0) is 15.9. The second kappa shape index (κ2) is 9.93. The van der Waals surface area contributed by atoms with Gasteiger partial charge < -0.3 is 15.3 Å². The molecule has 0 bridgehead atoms. The molecule has 0 aliphatic rings. The van der Waals surface area contributed by atoms with Crippen molar-refractivity contribution < 1.29 is 5.11 Å². The molecule has 2 N–H and O–H groups in total. The standard InChI is InChI=1S/C17H24ClN3O.ClH/c1-3-21(4-2)10-6-8-19-12-13-11-15(18)14-7-5-9-20-16(14)17(13)22;/h5,7,9,11,19,22H,3-4,6,8,10,12H2,1-2H3;1H. The number of hydrogen-bond acceptors (Lipinski definition) is 4. The van der Waals surface area contributed by atoms with Crippen molar-refractivity contribution in [1.82, 2.24) is 15.2 Å². The van der Waals surface area contributed by atoms with Gasteiger partial charge in [-0.05, 0) is 50.8 Å². The first-order chi connectivity index (χ1) is 10.7. The van der Waals surface area contributed by atoms with Crippen molar-refractivity contribution in [1.29, 1.82) is 0 Å². The molecule has 0 aliphatic carbocycles. The van der Waals surface area contributed by atoms with Gasteiger partial charge in [0, 0.05) is 23.7 Å². The molecule has 1 aromatic heterocycles. The SMILES string of the molecule is CCN(CC)CCCNCc1cc(Cl)c2cccnc2c1O.Cl. The second-order valence-corrected chi connectivity index (χ2v) is 5.73. The van der Waals surface area contributed by atoms with Crippen molar-refractivity contribution >= 4 is 34.9 Å². The Labute approximate surface area is 149 Å². The molecule has 0 saturated carbocycles. The van der Waals surface area contributed by atoms with Crippen LogP contribution in [0.15, 0.2) is 24.4 Å². The predicted molar refractivity (Wildman–Crippen MR) is 99.8 cm³/mol. The summed E-state index contributed by atoms with van der Waals surface area (Å²) in [5.74, 6) is 0.219. The van der Waals surface area contributed by atoms with E-state index in [1.165, 1.54) is 0 Å². The zero-order valence-corrected chi connectivity index (χ0v) is 15.3. The minimum atomic E-state index is 0. The lowest BCUT2D eigenvalue weighted by Gasteiger charge is -2.17. The van der Waals surface area contributed by atoms with Crippen LogP contribution in [-0.2, 0) is 6.54 Å². The van der Waals surface area contributed by atoms with E-state index in [4.69, 9.17) is 11.6 Å². The number of phenols is 1. The Morgan fingerprint density at radius 2 is 2.04 bits per heavy atom. The first-order valence-corrected chi connectivity index (χ1v) is 8.23. The van der Waals surface area contributed by atoms with Gasteiger partial charge in [0.25, 0.3) is 0 Å². The third-order valence-electron chi connectivity index (χ3n) is 3.93. The van der Waals surface area contributed by atoms with Crippen LogP contribution >= 0.6 is 24.0 Å². The Kier molecular flexibility index (Phi) is 8.63. The number of benzene rings is 1. The zero-order valence-electron chi connectivity index (χ0n) is 13.7. The molecule has 2 aromatic rings. The van der Waals surface area contributed by atoms with Gasteiger partial charge in [-0.25, -0.2) is 0 Å². The molecule has 0 aliphatic heterocycles. The Morgan fingerprint density at radius 1 is 1.30 bits per heavy atom. The highest BCUT2D eigenvalue weighted by Gasteiger charge is 2.10. The van der Waals surface area contributed by atoms with Crippen LogP contribution in [0, 0.1) is 0 Å². The number of nitrogens with one attached hydrogen (secondary N) is 1. The van der Waals surface area contributed by atoms with E-state index >= 15 is 0 Å². The van der Waals surface area contributed by atoms with Crippen molar-refractivity contribution in [2.45, 2.75) is 26.8 Å². The van der Waals surface area contributed by atoms with Crippen molar-refractivity contribution in [3.63, 3.8) is 0 Å². The fourth-order valence-electron chi connectivity index (χ4n) is 2.56. The molecule has 23 heavy (non-hydrogen) atoms. The molecule has 1 aromatic carbocycles. The Balaban J connectivity index is 0.00000264. The second-order valence-electron chi connectivity index (χ2n) is 5.32. The molecular weight excluding hydrogens is 333 g/mol. The Hall–Kier alpha value is -1.07. The van der Waals surface area contributed by atoms with Gasteiger partial charge >= 0.3 is 0 Å². The van der Waals surface area contributed by atoms with Crippen LogP contribution in [0.1, 0.15) is 25.8 Å². The molecule has 0 amide bonds. The Bertz CT molecular complexity index is 618. The molecule has 6 heteroatoms. The largest absolute Gasteiger partial charge is 0.505 e. The normalized spacial score (nSPS) is 11.0. The lowest BCUT2D eigenvalue weighted by molar-refractivity contribution is 0.298. The summed E-state index contributed by atoms with van der Waals surface area (Å²) in [7, 11) is 0. The molecule has 0 atom stereocenters. The molecule has 128 valence electrons. The summed E-state index contributed by atoms with van der Waals surface area (Å²) in [4.78, 5) is 6.62. The quantitative estimate of drug-likeness (QED) is 0.704. The molecule has 2 rings (SSSR count). The highest BCUT2D eigenvalue weighted by atomic mass is 35.5. The third-order valence-corrected chi connectivity index (χ3v) is 4.24. The minimum absolute atomic E-state index is 0. The first-order valence-electron chi connectivity index (χ1n) is 7.85. The number of aromatic nitrogens is 1. The minimum Gasteiger partial charge on any atom is -0.505 e. The van der Waals surface area contributed by atoms with Crippen molar-refractivity contribution in [2.24, 2.45) is 0 Å². The summed E-state index contributed by atoms with van der Waals surface area (Å²) in [6.07, 6.45) is 2.75. The van der Waals surface area contributed by atoms with E-state index in [1.54, 1.807) is 6.20 Å². The maximum atomic E-state index is 10.3. The van der Waals surface area contributed by atoms with Crippen LogP contribution in [-0.4, -0.2) is 41.2 Å². The topological polar surface area (TPSA) is 48.4 Å². The van der Waals surface area contributed by atoms with E-state index < -0.39 is 0 Å². The highest BCUT2D eigenvalue weighted by Crippen LogP contribution is 2.32. The number of fused-ring (bicyclic) bond motifs is 1. The maximum absolute atomic E-state index is 10.3. The summed E-state index contributed by atoms with van der Waals surface area (Å²) in [6, 6.07) is 5.50. The number of rotatable bonds is 8. The predicted octanol–water partition coefficient (Wildman–Crippen LogP) is 3.84. The van der Waals surface area contributed by atoms with Crippen molar-refractivity contribution in [3.8, 4) is 5.75 Å². The molecule has 0 spiro atoms. The number of pyridine rings is 1. The van der Waals surface area contributed by atoms with E-state index in [0.717, 1.165) is 43.5 Å². The van der Waals surface area contributed by atoms with Gasteiger partial charge in [-0.15, -0.1) is 12.4 Å². The van der Waals surface area contributed by atoms with Gasteiger partial charge in [0.1, 0.15) is 11.3 Å². The summed E-state index contributed by atoms with van der Waals surface area (Å²) in [5, 5.41) is 15.1. The lowest BCUT2D eigenvalue weighted by atomic mass is 10.1. The Morgan fingerprint density at radius 3 is 2.74 bits per heavy atom. The third kappa shape index (κ3) is 5.21. The van der Waals surface area contributed by atoms with Gasteiger partial charge in [-0.1, -0.05) is 25.4 Å². The maximum Gasteiger partial charge on any atom is 0.146 e. The van der Waals surface area contributed by atoms with E-state index in [2.05, 4.69) is 29.0 Å². The number of phenolic OH excluding ortho intramolecular Hbond substituents is 1. The number of nitrogens with zero attached hydrogens (tertiary/aromatic N) is 2. The number of hydrogen-bond donors (Lipinski definition) is 2. The molecule has 1 heterocycles.